The van der Waals surface area contributed by atoms with Crippen molar-refractivity contribution in [2.24, 2.45) is 0 Å². The normalized spacial score (nSPS) is 12.7. The van der Waals surface area contributed by atoms with Crippen LogP contribution >= 0.6 is 0 Å². The van der Waals surface area contributed by atoms with Crippen LogP contribution in [0.3, 0.4) is 0 Å². The lowest BCUT2D eigenvalue weighted by molar-refractivity contribution is -0.115. The molecule has 0 fully saturated rings. The van der Waals surface area contributed by atoms with E-state index in [1.807, 2.05) is 13.0 Å². The number of carbonyl (C=O) groups is 2. The molecule has 4 nitrogen and oxygen atoms in total. The predicted octanol–water partition coefficient (Wildman–Crippen LogP) is 3.36. The molecule has 0 radical (unpaired) electrons. The van der Waals surface area contributed by atoms with Crippen molar-refractivity contribution in [2.45, 2.75) is 32.6 Å². The Morgan fingerprint density at radius 3 is 2.65 bits per heavy atom. The van der Waals surface area contributed by atoms with Crippen LogP contribution in [0.25, 0.3) is 0 Å². The van der Waals surface area contributed by atoms with Gasteiger partial charge in [-0.15, -0.1) is 0 Å². The molecule has 0 aliphatic heterocycles. The Balaban J connectivity index is 1.72. The van der Waals surface area contributed by atoms with E-state index in [-0.39, 0.29) is 11.5 Å². The van der Waals surface area contributed by atoms with Crippen molar-refractivity contribution in [2.75, 3.05) is 5.32 Å². The third kappa shape index (κ3) is 3.42. The van der Waals surface area contributed by atoms with E-state index in [2.05, 4.69) is 17.4 Å². The first-order valence-corrected chi connectivity index (χ1v) is 7.77. The lowest BCUT2D eigenvalue weighted by Gasteiger charge is -2.10. The van der Waals surface area contributed by atoms with Crippen LogP contribution in [0.1, 0.15) is 39.0 Å². The van der Waals surface area contributed by atoms with Gasteiger partial charge in [0.1, 0.15) is 0 Å². The summed E-state index contributed by atoms with van der Waals surface area (Å²) in [6.45, 7) is 1.84. The van der Waals surface area contributed by atoms with Gasteiger partial charge in [0.25, 0.3) is 0 Å². The molecule has 0 bridgehead atoms. The Labute approximate surface area is 135 Å². The van der Waals surface area contributed by atoms with Crippen LogP contribution < -0.4 is 5.32 Å². The number of hydrogen-bond acceptors (Lipinski definition) is 2. The summed E-state index contributed by atoms with van der Waals surface area (Å²) in [7, 11) is 0. The van der Waals surface area contributed by atoms with Gasteiger partial charge in [-0.2, -0.15) is 0 Å². The molecule has 118 valence electrons. The third-order valence-corrected chi connectivity index (χ3v) is 4.29. The van der Waals surface area contributed by atoms with Gasteiger partial charge in [-0.1, -0.05) is 24.3 Å². The highest BCUT2D eigenvalue weighted by Gasteiger charge is 2.13. The second-order valence-electron chi connectivity index (χ2n) is 6.02. The Kier molecular flexibility index (Phi) is 4.15. The van der Waals surface area contributed by atoms with E-state index in [0.717, 1.165) is 24.0 Å². The van der Waals surface area contributed by atoms with E-state index >= 15 is 0 Å². The van der Waals surface area contributed by atoms with Crippen LogP contribution in [0.15, 0.2) is 36.4 Å². The lowest BCUT2D eigenvalue weighted by Crippen LogP contribution is -2.16. The van der Waals surface area contributed by atoms with E-state index in [0.29, 0.717) is 12.1 Å². The van der Waals surface area contributed by atoms with Gasteiger partial charge in [0, 0.05) is 5.69 Å². The molecular weight excluding hydrogens is 290 g/mol. The summed E-state index contributed by atoms with van der Waals surface area (Å²) in [5.41, 5.74) is 5.30. The quantitative estimate of drug-likeness (QED) is 0.910. The summed E-state index contributed by atoms with van der Waals surface area (Å²) in [6.07, 6.45) is 3.70. The molecule has 1 amide bonds. The topological polar surface area (TPSA) is 66.4 Å². The number of anilines is 1. The van der Waals surface area contributed by atoms with E-state index < -0.39 is 5.97 Å². The highest BCUT2D eigenvalue weighted by molar-refractivity contribution is 5.95. The van der Waals surface area contributed by atoms with E-state index in [4.69, 9.17) is 5.11 Å². The first-order valence-electron chi connectivity index (χ1n) is 7.77. The molecule has 3 rings (SSSR count). The first-order chi connectivity index (χ1) is 11.0. The second-order valence-corrected chi connectivity index (χ2v) is 6.02. The zero-order valence-corrected chi connectivity index (χ0v) is 13.1. The number of aryl methyl sites for hydroxylation is 3. The summed E-state index contributed by atoms with van der Waals surface area (Å²) >= 11 is 0. The molecule has 1 aliphatic carbocycles. The van der Waals surface area contributed by atoms with E-state index in [9.17, 15) is 9.59 Å². The largest absolute Gasteiger partial charge is 0.478 e. The molecule has 2 aromatic rings. The van der Waals surface area contributed by atoms with Crippen LogP contribution in [-0.4, -0.2) is 17.0 Å². The number of carbonyl (C=O) groups excluding carboxylic acids is 1. The fourth-order valence-corrected chi connectivity index (χ4v) is 3.00. The number of benzene rings is 2. The molecule has 0 unspecified atom stereocenters. The van der Waals surface area contributed by atoms with Crippen LogP contribution in [0, 0.1) is 6.92 Å². The summed E-state index contributed by atoms with van der Waals surface area (Å²) < 4.78 is 0. The minimum atomic E-state index is -1.00. The van der Waals surface area contributed by atoms with Crippen LogP contribution in [0.2, 0.25) is 0 Å². The van der Waals surface area contributed by atoms with Crippen molar-refractivity contribution in [1.82, 2.24) is 0 Å². The number of hydrogen-bond donors (Lipinski definition) is 2. The van der Waals surface area contributed by atoms with Crippen LogP contribution in [-0.2, 0) is 24.1 Å². The molecule has 4 heteroatoms. The zero-order valence-electron chi connectivity index (χ0n) is 13.1. The highest BCUT2D eigenvalue weighted by atomic mass is 16.4. The van der Waals surface area contributed by atoms with Crippen molar-refractivity contribution in [3.05, 3.63) is 64.2 Å². The van der Waals surface area contributed by atoms with Crippen molar-refractivity contribution in [3.8, 4) is 0 Å². The Bertz CT molecular complexity index is 780. The molecule has 0 aromatic heterocycles. The van der Waals surface area contributed by atoms with E-state index in [1.54, 1.807) is 6.07 Å². The highest BCUT2D eigenvalue weighted by Crippen LogP contribution is 2.23. The number of fused-ring (bicyclic) bond motifs is 1. The maximum absolute atomic E-state index is 12.3. The molecule has 0 saturated heterocycles. The number of aromatic carboxylic acids is 1. The molecule has 1 aliphatic rings. The Hall–Kier alpha value is -2.62. The van der Waals surface area contributed by atoms with Crippen LogP contribution in [0.5, 0.6) is 0 Å². The van der Waals surface area contributed by atoms with Crippen molar-refractivity contribution >= 4 is 17.6 Å². The molecule has 2 N–H and O–H groups in total. The average molecular weight is 309 g/mol. The molecule has 23 heavy (non-hydrogen) atoms. The predicted molar refractivity (Wildman–Crippen MR) is 88.9 cm³/mol. The molecule has 0 atom stereocenters. The number of carboxylic acids is 1. The van der Waals surface area contributed by atoms with Gasteiger partial charge in [0.15, 0.2) is 0 Å². The fraction of sp³-hybridized carbons (Fsp3) is 0.263. The van der Waals surface area contributed by atoms with Gasteiger partial charge < -0.3 is 10.4 Å². The summed E-state index contributed by atoms with van der Waals surface area (Å²) in [5.74, 6) is -1.13. The first kappa shape index (κ1) is 15.3. The second kappa shape index (κ2) is 6.24. The minimum Gasteiger partial charge on any atom is -0.478 e. The number of rotatable bonds is 4. The number of amides is 1. The maximum atomic E-state index is 12.3. The van der Waals surface area contributed by atoms with Crippen LogP contribution in [0.4, 0.5) is 5.69 Å². The summed E-state index contributed by atoms with van der Waals surface area (Å²) in [5, 5.41) is 11.9. The number of nitrogens with one attached hydrogen (secondary N) is 1. The van der Waals surface area contributed by atoms with Gasteiger partial charge in [-0.3, -0.25) is 4.79 Å². The van der Waals surface area contributed by atoms with Crippen molar-refractivity contribution < 1.29 is 14.7 Å². The molecule has 2 aromatic carbocycles. The van der Waals surface area contributed by atoms with Gasteiger partial charge in [-0.05, 0) is 60.6 Å². The summed E-state index contributed by atoms with van der Waals surface area (Å²) in [6, 6.07) is 11.0. The number of carboxylic acid groups (broad SMARTS) is 1. The van der Waals surface area contributed by atoms with Crippen molar-refractivity contribution in [1.29, 1.82) is 0 Å². The standard InChI is InChI=1S/C19H19NO3/c1-12-5-7-16(19(22)23)11-17(12)20-18(21)10-13-6-8-14-3-2-4-15(14)9-13/h5-9,11H,2-4,10H2,1H3,(H,20,21)(H,22,23). The monoisotopic (exact) mass is 309 g/mol. The lowest BCUT2D eigenvalue weighted by atomic mass is 10.0. The summed E-state index contributed by atoms with van der Waals surface area (Å²) in [4.78, 5) is 23.3. The Morgan fingerprint density at radius 2 is 1.87 bits per heavy atom. The fourth-order valence-electron chi connectivity index (χ4n) is 3.00. The maximum Gasteiger partial charge on any atom is 0.335 e. The molecule has 0 heterocycles. The van der Waals surface area contributed by atoms with Gasteiger partial charge in [-0.25, -0.2) is 4.79 Å². The minimum absolute atomic E-state index is 0.131. The third-order valence-electron chi connectivity index (χ3n) is 4.29. The van der Waals surface area contributed by atoms with Gasteiger partial charge in [0.2, 0.25) is 5.91 Å². The molecular formula is C19H19NO3. The Morgan fingerprint density at radius 1 is 1.09 bits per heavy atom. The van der Waals surface area contributed by atoms with Gasteiger partial charge >= 0.3 is 5.97 Å². The molecule has 0 spiro atoms. The molecule has 0 saturated carbocycles. The zero-order chi connectivity index (χ0) is 16.4. The average Bonchev–Trinajstić information content (AvgIpc) is 2.96. The van der Waals surface area contributed by atoms with Gasteiger partial charge in [0.05, 0.1) is 12.0 Å². The SMILES string of the molecule is Cc1ccc(C(=O)O)cc1NC(=O)Cc1ccc2c(c1)CCC2. The smallest absolute Gasteiger partial charge is 0.335 e. The van der Waals surface area contributed by atoms with E-state index in [1.165, 1.54) is 29.7 Å². The van der Waals surface area contributed by atoms with Crippen molar-refractivity contribution in [3.63, 3.8) is 0 Å².